The van der Waals surface area contributed by atoms with E-state index in [1.807, 2.05) is 12.1 Å². The van der Waals surface area contributed by atoms with Crippen molar-refractivity contribution in [1.29, 1.82) is 0 Å². The van der Waals surface area contributed by atoms with E-state index in [2.05, 4.69) is 20.7 Å². The van der Waals surface area contributed by atoms with Crippen molar-refractivity contribution in [2.24, 2.45) is 0 Å². The molecule has 0 radical (unpaired) electrons. The van der Waals surface area contributed by atoms with Crippen LogP contribution in [0.25, 0.3) is 0 Å². The molecule has 21 heteroatoms. The van der Waals surface area contributed by atoms with E-state index in [4.69, 9.17) is 40.9 Å². The zero-order chi connectivity index (χ0) is 50.5. The van der Waals surface area contributed by atoms with Crippen LogP contribution in [0.15, 0.2) is 48.5 Å². The number of methoxy groups -OCH3 is 2. The number of alkyl halides is 1. The third-order valence-electron chi connectivity index (χ3n) is 7.32. The molecule has 2 rings (SSSR count). The fourth-order valence-electron chi connectivity index (χ4n) is 5.54. The highest BCUT2D eigenvalue weighted by Gasteiger charge is 2.53. The summed E-state index contributed by atoms with van der Waals surface area (Å²) < 4.78 is 108. The van der Waals surface area contributed by atoms with Gasteiger partial charge in [-0.15, -0.1) is 0 Å². The Labute approximate surface area is 397 Å². The first kappa shape index (κ1) is 63.5. The molecule has 16 nitrogen and oxygen atoms in total. The monoisotopic (exact) mass is 1060 g/mol. The van der Waals surface area contributed by atoms with Crippen LogP contribution in [0.4, 0.5) is 0 Å². The third kappa shape index (κ3) is 25.6. The van der Waals surface area contributed by atoms with E-state index in [1.165, 1.54) is 14.2 Å². The van der Waals surface area contributed by atoms with Crippen LogP contribution in [0.3, 0.4) is 0 Å². The molecule has 65 heavy (non-hydrogen) atoms. The Kier molecular flexibility index (Phi) is 29.4. The zero-order valence-electron chi connectivity index (χ0n) is 41.6. The molecule has 0 heterocycles. The molecule has 376 valence electrons. The maximum absolute atomic E-state index is 14.1. The van der Waals surface area contributed by atoms with Crippen LogP contribution >= 0.6 is 46.3 Å². The van der Waals surface area contributed by atoms with Gasteiger partial charge in [-0.2, -0.15) is 0 Å². The maximum atomic E-state index is 14.1. The summed E-state index contributed by atoms with van der Waals surface area (Å²) in [6.45, 7) is 27.8. The number of carbonyl (C=O) groups excluding carboxylic acids is 2. The largest absolute Gasteiger partial charge is 0.465 e. The maximum Gasteiger partial charge on any atom is 0.346 e. The Morgan fingerprint density at radius 2 is 0.677 bits per heavy atom. The molecule has 0 aliphatic rings. The van der Waals surface area contributed by atoms with Crippen molar-refractivity contribution in [3.63, 3.8) is 0 Å². The van der Waals surface area contributed by atoms with Gasteiger partial charge < -0.3 is 45.7 Å². The highest BCUT2D eigenvalue weighted by molar-refractivity contribution is 9.08. The van der Waals surface area contributed by atoms with E-state index in [0.29, 0.717) is 16.7 Å². The van der Waals surface area contributed by atoms with Crippen molar-refractivity contribution in [2.75, 3.05) is 20.1 Å². The van der Waals surface area contributed by atoms with Gasteiger partial charge in [0, 0.05) is 5.33 Å². The van der Waals surface area contributed by atoms with Crippen molar-refractivity contribution in [3.8, 4) is 0 Å². The fourth-order valence-corrected chi connectivity index (χ4v) is 17.3. The van der Waals surface area contributed by atoms with Crippen LogP contribution in [0.2, 0.25) is 0 Å². The molecule has 0 aromatic heterocycles. The third-order valence-corrected chi connectivity index (χ3v) is 20.1. The minimum atomic E-state index is -3.98. The number of benzene rings is 2. The molecule has 0 bridgehead atoms. The SMILES string of the molecule is CC(C)OP(=O)(CP(=O)(OC(C)C)OC(C)C)OC(C)C.COC(=O)c1ccc(CBr)cc1.COC(=O)c1ccc(CC(P(=O)(OC(C)C)OC(C)C)P(=O)(OC(C)C)OC(C)C)cc1. The smallest absolute Gasteiger partial charge is 0.346 e. The predicted molar refractivity (Wildman–Crippen MR) is 261 cm³/mol. The Bertz CT molecular complexity index is 1750. The highest BCUT2D eigenvalue weighted by Crippen LogP contribution is 2.72. The van der Waals surface area contributed by atoms with Crippen molar-refractivity contribution >= 4 is 58.3 Å². The first-order valence-corrected chi connectivity index (χ1v) is 29.4. The van der Waals surface area contributed by atoms with Crippen molar-refractivity contribution in [2.45, 2.75) is 177 Å². The van der Waals surface area contributed by atoms with Crippen molar-refractivity contribution in [1.82, 2.24) is 0 Å². The molecule has 0 saturated heterocycles. The normalized spacial score (nSPS) is 12.7. The number of hydrogen-bond donors (Lipinski definition) is 0. The van der Waals surface area contributed by atoms with Gasteiger partial charge in [-0.25, -0.2) is 9.59 Å². The van der Waals surface area contributed by atoms with Crippen molar-refractivity contribution in [3.05, 3.63) is 70.8 Å². The van der Waals surface area contributed by atoms with Gasteiger partial charge in [0.1, 0.15) is 0 Å². The molecule has 0 aliphatic heterocycles. The van der Waals surface area contributed by atoms with Gasteiger partial charge in [0.05, 0.1) is 74.2 Å². The molecule has 0 aliphatic carbocycles. The number of esters is 2. The average Bonchev–Trinajstić information content (AvgIpc) is 3.13. The van der Waals surface area contributed by atoms with E-state index in [0.717, 1.165) is 10.9 Å². The van der Waals surface area contributed by atoms with Crippen LogP contribution in [-0.4, -0.2) is 86.3 Å². The molecule has 0 unspecified atom stereocenters. The lowest BCUT2D eigenvalue weighted by Crippen LogP contribution is -2.25. The van der Waals surface area contributed by atoms with E-state index in [1.54, 1.807) is 147 Å². The van der Waals surface area contributed by atoms with Crippen molar-refractivity contribution < 1.29 is 73.5 Å². The van der Waals surface area contributed by atoms with Crippen LogP contribution in [0, 0.1) is 0 Å². The summed E-state index contributed by atoms with van der Waals surface area (Å²) in [5, 5.41) is -0.400. The first-order valence-electron chi connectivity index (χ1n) is 21.6. The molecule has 0 saturated carbocycles. The second-order valence-electron chi connectivity index (χ2n) is 16.9. The lowest BCUT2D eigenvalue weighted by atomic mass is 10.1. The minimum Gasteiger partial charge on any atom is -0.465 e. The molecule has 0 atom stereocenters. The fraction of sp³-hybridized carbons (Fsp3) is 0.682. The van der Waals surface area contributed by atoms with Crippen LogP contribution < -0.4 is 0 Å². The van der Waals surface area contributed by atoms with Gasteiger partial charge in [0.25, 0.3) is 0 Å². The number of carbonyl (C=O) groups is 2. The molecule has 0 N–H and O–H groups in total. The van der Waals surface area contributed by atoms with Gasteiger partial charge >= 0.3 is 42.3 Å². The van der Waals surface area contributed by atoms with Gasteiger partial charge in [0.2, 0.25) is 0 Å². The topological polar surface area (TPSA) is 195 Å². The summed E-state index contributed by atoms with van der Waals surface area (Å²) in [4.78, 5) is 22.7. The minimum absolute atomic E-state index is 0.0366. The number of ether oxygens (including phenoxy) is 2. The zero-order valence-corrected chi connectivity index (χ0v) is 46.8. The number of rotatable bonds is 25. The van der Waals surface area contributed by atoms with Crippen LogP contribution in [0.5, 0.6) is 0 Å². The van der Waals surface area contributed by atoms with Crippen LogP contribution in [0.1, 0.15) is 143 Å². The second-order valence-corrected chi connectivity index (χ2v) is 26.5. The lowest BCUT2D eigenvalue weighted by Gasteiger charge is -2.35. The van der Waals surface area contributed by atoms with E-state index >= 15 is 0 Å². The summed E-state index contributed by atoms with van der Waals surface area (Å²) in [5.74, 6) is -1.15. The summed E-state index contributed by atoms with van der Waals surface area (Å²) in [7, 11) is -12.4. The van der Waals surface area contributed by atoms with Gasteiger partial charge in [-0.05, 0) is 153 Å². The molecule has 2 aromatic rings. The molecular formula is C44H77BrO16P4. The van der Waals surface area contributed by atoms with Gasteiger partial charge in [-0.3, -0.25) is 18.3 Å². The standard InChI is InChI=1S/C22H38O8P2.C13H30O6P2.C9H9BrO2/c1-15(2)27-31(24,28-16(3)4)21(32(25,29-17(5)6)30-18(7)8)14-19-10-12-20(13-11-19)22(23)26-9;1-10(2)16-20(14,17-11(3)4)9-21(15,18-12(5)6)19-13(7)8;1-12-9(11)8-4-2-7(6-10)3-5-8/h10-13,15-18,21H,14H2,1-9H3;10-13H,9H2,1-8H3;2-5H,6H2,1H3. The average molecular weight is 1070 g/mol. The molecular weight excluding hydrogens is 988 g/mol. The Balaban J connectivity index is 0.00000106. The van der Waals surface area contributed by atoms with Gasteiger partial charge in [0.15, 0.2) is 11.3 Å². The van der Waals surface area contributed by atoms with E-state index < -0.39 is 66.2 Å². The summed E-state index contributed by atoms with van der Waals surface area (Å²) in [6.07, 6.45) is -3.03. The molecule has 0 amide bonds. The Morgan fingerprint density at radius 3 is 0.892 bits per heavy atom. The van der Waals surface area contributed by atoms with Gasteiger partial charge in [-0.1, -0.05) is 40.2 Å². The summed E-state index contributed by atoms with van der Waals surface area (Å²) in [6, 6.07) is 13.8. The number of hydrogen-bond acceptors (Lipinski definition) is 16. The molecule has 2 aromatic carbocycles. The lowest BCUT2D eigenvalue weighted by molar-refractivity contribution is 0.0592. The quantitative estimate of drug-likeness (QED) is 0.0517. The predicted octanol–water partition coefficient (Wildman–Crippen LogP) is 13.8. The first-order chi connectivity index (χ1) is 29.9. The van der Waals surface area contributed by atoms with Crippen LogP contribution in [-0.2, 0) is 75.7 Å². The second kappa shape index (κ2) is 30.2. The summed E-state index contributed by atoms with van der Waals surface area (Å²) >= 11 is 3.32. The number of halogens is 1. The molecule has 0 spiro atoms. The van der Waals surface area contributed by atoms with E-state index in [-0.39, 0.29) is 42.7 Å². The highest BCUT2D eigenvalue weighted by atomic mass is 79.9. The summed E-state index contributed by atoms with van der Waals surface area (Å²) in [5.41, 5.74) is 2.76. The Morgan fingerprint density at radius 1 is 0.431 bits per heavy atom. The van der Waals surface area contributed by atoms with E-state index in [9.17, 15) is 27.8 Å². The Hall–Kier alpha value is -1.54. The molecule has 0 fully saturated rings.